The maximum Gasteiger partial charge on any atom is 0.387 e. The summed E-state index contributed by atoms with van der Waals surface area (Å²) in [6.07, 6.45) is 2.96. The lowest BCUT2D eigenvalue weighted by molar-refractivity contribution is -0.0497. The number of alkyl halides is 2. The molecule has 0 bridgehead atoms. The molecule has 8 heteroatoms. The van der Waals surface area contributed by atoms with E-state index in [-0.39, 0.29) is 5.75 Å². The zero-order valence-electron chi connectivity index (χ0n) is 10.0. The Bertz CT molecular complexity index is 730. The Morgan fingerprint density at radius 2 is 2.15 bits per heavy atom. The second-order valence-corrected chi connectivity index (χ2v) is 3.89. The summed E-state index contributed by atoms with van der Waals surface area (Å²) in [6.45, 7) is -2.86. The molecule has 20 heavy (non-hydrogen) atoms. The van der Waals surface area contributed by atoms with Crippen LogP contribution < -0.4 is 10.1 Å². The van der Waals surface area contributed by atoms with Gasteiger partial charge in [0.2, 0.25) is 0 Å². The second kappa shape index (κ2) is 5.08. The second-order valence-electron chi connectivity index (χ2n) is 3.89. The molecule has 2 aromatic heterocycles. The molecule has 102 valence electrons. The summed E-state index contributed by atoms with van der Waals surface area (Å²) >= 11 is 0. The van der Waals surface area contributed by atoms with Crippen molar-refractivity contribution in [2.75, 3.05) is 5.32 Å². The number of hydrogen-bond acceptors (Lipinski definition) is 5. The number of aromatic nitrogens is 4. The lowest BCUT2D eigenvalue weighted by atomic mass is 10.3. The van der Waals surface area contributed by atoms with Gasteiger partial charge in [0.1, 0.15) is 17.9 Å². The summed E-state index contributed by atoms with van der Waals surface area (Å²) < 4.78 is 28.7. The van der Waals surface area contributed by atoms with Crippen molar-refractivity contribution >= 4 is 22.5 Å². The number of ether oxygens (including phenoxy) is 1. The van der Waals surface area contributed by atoms with Crippen LogP contribution in [-0.2, 0) is 0 Å². The SMILES string of the molecule is FC(F)Oc1cccc(Nc2ncnc3[nH]ncc23)c1. The fraction of sp³-hybridized carbons (Fsp3) is 0.0833. The van der Waals surface area contributed by atoms with Crippen LogP contribution >= 0.6 is 0 Å². The van der Waals surface area contributed by atoms with Crippen molar-refractivity contribution in [2.24, 2.45) is 0 Å². The summed E-state index contributed by atoms with van der Waals surface area (Å²) in [7, 11) is 0. The number of hydrogen-bond donors (Lipinski definition) is 2. The highest BCUT2D eigenvalue weighted by Crippen LogP contribution is 2.24. The van der Waals surface area contributed by atoms with E-state index in [0.29, 0.717) is 22.5 Å². The molecule has 0 saturated carbocycles. The third-order valence-electron chi connectivity index (χ3n) is 2.57. The van der Waals surface area contributed by atoms with Gasteiger partial charge in [-0.3, -0.25) is 5.10 Å². The first kappa shape index (κ1) is 12.3. The molecule has 0 saturated heterocycles. The summed E-state index contributed by atoms with van der Waals surface area (Å²) in [6, 6.07) is 6.23. The Kier molecular flexibility index (Phi) is 3.12. The van der Waals surface area contributed by atoms with Crippen LogP contribution in [0.5, 0.6) is 5.75 Å². The predicted octanol–water partition coefficient (Wildman–Crippen LogP) is 2.70. The first-order valence-corrected chi connectivity index (χ1v) is 5.68. The van der Waals surface area contributed by atoms with E-state index in [9.17, 15) is 8.78 Å². The van der Waals surface area contributed by atoms with Gasteiger partial charge >= 0.3 is 6.61 Å². The van der Waals surface area contributed by atoms with Gasteiger partial charge in [0.05, 0.1) is 11.6 Å². The highest BCUT2D eigenvalue weighted by molar-refractivity contribution is 5.87. The zero-order chi connectivity index (χ0) is 13.9. The summed E-state index contributed by atoms with van der Waals surface area (Å²) in [5, 5.41) is 10.3. The fourth-order valence-electron chi connectivity index (χ4n) is 1.75. The smallest absolute Gasteiger partial charge is 0.387 e. The maximum absolute atomic E-state index is 12.2. The number of nitrogens with zero attached hydrogens (tertiary/aromatic N) is 3. The molecule has 2 N–H and O–H groups in total. The third-order valence-corrected chi connectivity index (χ3v) is 2.57. The Morgan fingerprint density at radius 3 is 3.00 bits per heavy atom. The van der Waals surface area contributed by atoms with E-state index in [2.05, 4.69) is 30.2 Å². The van der Waals surface area contributed by atoms with E-state index < -0.39 is 6.61 Å². The normalized spacial score (nSPS) is 10.9. The maximum atomic E-state index is 12.2. The van der Waals surface area contributed by atoms with Gasteiger partial charge in [0, 0.05) is 11.8 Å². The van der Waals surface area contributed by atoms with Crippen LogP contribution in [0.25, 0.3) is 11.0 Å². The Labute approximate surface area is 111 Å². The first-order valence-electron chi connectivity index (χ1n) is 5.68. The minimum atomic E-state index is -2.86. The van der Waals surface area contributed by atoms with Crippen LogP contribution in [0.4, 0.5) is 20.3 Å². The standard InChI is InChI=1S/C12H9F2N5O/c13-12(14)20-8-3-1-2-7(4-8)18-10-9-5-17-19-11(9)16-6-15-10/h1-6,12H,(H2,15,16,17,18,19). The third kappa shape index (κ3) is 2.48. The topological polar surface area (TPSA) is 75.7 Å². The number of nitrogens with one attached hydrogen (secondary N) is 2. The van der Waals surface area contributed by atoms with Crippen molar-refractivity contribution in [3.63, 3.8) is 0 Å². The molecular weight excluding hydrogens is 268 g/mol. The number of H-pyrrole nitrogens is 1. The van der Waals surface area contributed by atoms with Gasteiger partial charge in [-0.25, -0.2) is 9.97 Å². The summed E-state index contributed by atoms with van der Waals surface area (Å²) in [5.41, 5.74) is 1.16. The minimum Gasteiger partial charge on any atom is -0.435 e. The quantitative estimate of drug-likeness (QED) is 0.766. The van der Waals surface area contributed by atoms with Crippen LogP contribution in [0, 0.1) is 0 Å². The van der Waals surface area contributed by atoms with Crippen LogP contribution in [0.15, 0.2) is 36.8 Å². The van der Waals surface area contributed by atoms with Gasteiger partial charge in [-0.2, -0.15) is 13.9 Å². The monoisotopic (exact) mass is 277 g/mol. The first-order chi connectivity index (χ1) is 9.72. The molecule has 0 amide bonds. The van der Waals surface area contributed by atoms with Gasteiger partial charge in [-0.15, -0.1) is 0 Å². The molecule has 0 unspecified atom stereocenters. The summed E-state index contributed by atoms with van der Waals surface area (Å²) in [5.74, 6) is 0.598. The van der Waals surface area contributed by atoms with Crippen LogP contribution in [0.3, 0.4) is 0 Å². The van der Waals surface area contributed by atoms with E-state index >= 15 is 0 Å². The molecule has 0 fully saturated rings. The van der Waals surface area contributed by atoms with E-state index in [0.717, 1.165) is 0 Å². The van der Waals surface area contributed by atoms with Gasteiger partial charge < -0.3 is 10.1 Å². The Balaban J connectivity index is 1.89. The molecule has 0 aliphatic heterocycles. The molecular formula is C12H9F2N5O. The Hall–Kier alpha value is -2.77. The van der Waals surface area contributed by atoms with Crippen molar-refractivity contribution in [1.82, 2.24) is 20.2 Å². The molecule has 2 heterocycles. The number of rotatable bonds is 4. The number of aromatic amines is 1. The minimum absolute atomic E-state index is 0.0718. The number of halogens is 2. The predicted molar refractivity (Wildman–Crippen MR) is 68.0 cm³/mol. The van der Waals surface area contributed by atoms with Crippen LogP contribution in [0.2, 0.25) is 0 Å². The lowest BCUT2D eigenvalue weighted by Gasteiger charge is -2.08. The summed E-state index contributed by atoms with van der Waals surface area (Å²) in [4.78, 5) is 8.10. The molecule has 3 rings (SSSR count). The lowest BCUT2D eigenvalue weighted by Crippen LogP contribution is -2.02. The number of benzene rings is 1. The Morgan fingerprint density at radius 1 is 1.25 bits per heavy atom. The van der Waals surface area contributed by atoms with Gasteiger partial charge in [0.15, 0.2) is 5.65 Å². The molecule has 0 atom stereocenters. The molecule has 6 nitrogen and oxygen atoms in total. The van der Waals surface area contributed by atoms with Gasteiger partial charge in [-0.1, -0.05) is 6.07 Å². The van der Waals surface area contributed by atoms with Crippen molar-refractivity contribution in [3.05, 3.63) is 36.8 Å². The van der Waals surface area contributed by atoms with Crippen molar-refractivity contribution < 1.29 is 13.5 Å². The number of anilines is 2. The number of fused-ring (bicyclic) bond motifs is 1. The molecule has 1 aromatic carbocycles. The molecule has 0 spiro atoms. The highest BCUT2D eigenvalue weighted by Gasteiger charge is 2.08. The van der Waals surface area contributed by atoms with E-state index in [4.69, 9.17) is 0 Å². The van der Waals surface area contributed by atoms with Crippen LogP contribution in [-0.4, -0.2) is 26.8 Å². The average Bonchev–Trinajstić information content (AvgIpc) is 2.88. The van der Waals surface area contributed by atoms with E-state index in [1.165, 1.54) is 18.5 Å². The fourth-order valence-corrected chi connectivity index (χ4v) is 1.75. The largest absolute Gasteiger partial charge is 0.435 e. The van der Waals surface area contributed by atoms with E-state index in [1.807, 2.05) is 0 Å². The van der Waals surface area contributed by atoms with E-state index in [1.54, 1.807) is 18.3 Å². The van der Waals surface area contributed by atoms with Gasteiger partial charge in [-0.05, 0) is 12.1 Å². The zero-order valence-corrected chi connectivity index (χ0v) is 10.0. The van der Waals surface area contributed by atoms with Crippen molar-refractivity contribution in [3.8, 4) is 5.75 Å². The van der Waals surface area contributed by atoms with Crippen molar-refractivity contribution in [2.45, 2.75) is 6.61 Å². The van der Waals surface area contributed by atoms with Crippen molar-refractivity contribution in [1.29, 1.82) is 0 Å². The highest BCUT2D eigenvalue weighted by atomic mass is 19.3. The average molecular weight is 277 g/mol. The van der Waals surface area contributed by atoms with Crippen LogP contribution in [0.1, 0.15) is 0 Å². The molecule has 0 radical (unpaired) electrons. The molecule has 0 aliphatic rings. The van der Waals surface area contributed by atoms with Gasteiger partial charge in [0.25, 0.3) is 0 Å². The molecule has 0 aliphatic carbocycles. The molecule has 3 aromatic rings.